The van der Waals surface area contributed by atoms with E-state index in [2.05, 4.69) is 9.97 Å². The van der Waals surface area contributed by atoms with Crippen LogP contribution in [0.5, 0.6) is 5.75 Å². The molecule has 0 amide bonds. The van der Waals surface area contributed by atoms with Crippen LogP contribution in [0.15, 0.2) is 59.9 Å². The van der Waals surface area contributed by atoms with Crippen LogP contribution in [0.1, 0.15) is 16.7 Å². The summed E-state index contributed by atoms with van der Waals surface area (Å²) in [5, 5.41) is 10.6. The average molecular weight is 417 g/mol. The number of fused-ring (bicyclic) bond motifs is 2. The number of ketones is 1. The first-order valence-electron chi connectivity index (χ1n) is 9.80. The number of aliphatic carboxylic acids is 1. The lowest BCUT2D eigenvalue weighted by Gasteiger charge is -2.31. The van der Waals surface area contributed by atoms with E-state index < -0.39 is 11.8 Å². The zero-order valence-electron chi connectivity index (χ0n) is 16.7. The van der Waals surface area contributed by atoms with E-state index in [4.69, 9.17) is 9.47 Å². The number of aromatic amines is 1. The van der Waals surface area contributed by atoms with Gasteiger partial charge in [0.1, 0.15) is 11.4 Å². The van der Waals surface area contributed by atoms with Crippen molar-refractivity contribution in [3.63, 3.8) is 0 Å². The molecule has 2 aromatic heterocycles. The van der Waals surface area contributed by atoms with Crippen LogP contribution in [0.3, 0.4) is 0 Å². The van der Waals surface area contributed by atoms with Crippen molar-refractivity contribution in [2.24, 2.45) is 0 Å². The molecule has 156 valence electrons. The molecule has 0 unspecified atom stereocenters. The van der Waals surface area contributed by atoms with Crippen LogP contribution in [0.4, 0.5) is 0 Å². The number of carbonyl (C=O) groups excluding carboxylic acids is 1. The van der Waals surface area contributed by atoms with Crippen LogP contribution in [-0.4, -0.2) is 45.4 Å². The van der Waals surface area contributed by atoms with Gasteiger partial charge in [-0.05, 0) is 36.3 Å². The van der Waals surface area contributed by atoms with Gasteiger partial charge in [-0.1, -0.05) is 12.1 Å². The number of methoxy groups -OCH3 is 1. The molecule has 31 heavy (non-hydrogen) atoms. The molecule has 2 N–H and O–H groups in total. The molecule has 0 fully saturated rings. The maximum Gasteiger partial charge on any atom is 0.345 e. The van der Waals surface area contributed by atoms with Crippen molar-refractivity contribution in [2.75, 3.05) is 13.7 Å². The number of carboxylic acid groups (broad SMARTS) is 1. The van der Waals surface area contributed by atoms with Gasteiger partial charge in [0.15, 0.2) is 11.3 Å². The second-order valence-electron chi connectivity index (χ2n) is 7.34. The standard InChI is InChI=1S/C23H19N3O5/c1-30-17-6-2-4-13-7-9-26(12-16(13)17)22-19(23(28)29)20(27)18(31-22)10-14-11-25-21-15(14)5-3-8-24-21/h2-6,8,10-11H,7,9,12H2,1H3,(H,24,25)(H,28,29). The summed E-state index contributed by atoms with van der Waals surface area (Å²) in [6, 6.07) is 9.48. The van der Waals surface area contributed by atoms with Crippen LogP contribution in [0.2, 0.25) is 0 Å². The minimum Gasteiger partial charge on any atom is -0.496 e. The van der Waals surface area contributed by atoms with Gasteiger partial charge in [0.05, 0.1) is 7.11 Å². The van der Waals surface area contributed by atoms with E-state index in [-0.39, 0.29) is 17.2 Å². The molecular formula is C23H19N3O5. The van der Waals surface area contributed by atoms with Gasteiger partial charge in [-0.2, -0.15) is 0 Å². The highest BCUT2D eigenvalue weighted by molar-refractivity contribution is 6.26. The van der Waals surface area contributed by atoms with Crippen molar-refractivity contribution in [3.8, 4) is 5.75 Å². The maximum atomic E-state index is 12.9. The fourth-order valence-corrected chi connectivity index (χ4v) is 4.08. The lowest BCUT2D eigenvalue weighted by Crippen LogP contribution is -2.31. The first kappa shape index (κ1) is 18.9. The predicted octanol–water partition coefficient (Wildman–Crippen LogP) is 2.87. The Balaban J connectivity index is 1.51. The summed E-state index contributed by atoms with van der Waals surface area (Å²) >= 11 is 0. The van der Waals surface area contributed by atoms with Crippen molar-refractivity contribution in [1.82, 2.24) is 14.9 Å². The lowest BCUT2D eigenvalue weighted by molar-refractivity contribution is -0.134. The summed E-state index contributed by atoms with van der Waals surface area (Å²) in [7, 11) is 1.60. The SMILES string of the molecule is COc1cccc2c1CN(C1=C(C(=O)O)C(=O)C(=Cc3c[nH]c4ncccc34)O1)CC2. The van der Waals surface area contributed by atoms with E-state index in [1.807, 2.05) is 24.3 Å². The average Bonchev–Trinajstić information content (AvgIpc) is 3.34. The second-order valence-corrected chi connectivity index (χ2v) is 7.34. The van der Waals surface area contributed by atoms with Crippen LogP contribution < -0.4 is 4.74 Å². The maximum absolute atomic E-state index is 12.9. The van der Waals surface area contributed by atoms with Gasteiger partial charge >= 0.3 is 5.97 Å². The van der Waals surface area contributed by atoms with Gasteiger partial charge < -0.3 is 24.5 Å². The smallest absolute Gasteiger partial charge is 0.345 e. The minimum absolute atomic E-state index is 0.0250. The number of nitrogens with one attached hydrogen (secondary N) is 1. The van der Waals surface area contributed by atoms with Crippen molar-refractivity contribution >= 4 is 28.9 Å². The van der Waals surface area contributed by atoms with E-state index >= 15 is 0 Å². The first-order valence-corrected chi connectivity index (χ1v) is 9.80. The highest BCUT2D eigenvalue weighted by atomic mass is 16.5. The Morgan fingerprint density at radius 2 is 2.19 bits per heavy atom. The molecule has 1 aromatic carbocycles. The molecule has 2 aliphatic rings. The number of H-pyrrole nitrogens is 1. The Hall–Kier alpha value is -4.07. The van der Waals surface area contributed by atoms with Crippen molar-refractivity contribution in [3.05, 3.63) is 76.6 Å². The van der Waals surface area contributed by atoms with E-state index in [1.165, 1.54) is 0 Å². The van der Waals surface area contributed by atoms with Gasteiger partial charge in [0.25, 0.3) is 0 Å². The number of benzene rings is 1. The molecule has 0 bridgehead atoms. The predicted molar refractivity (Wildman–Crippen MR) is 112 cm³/mol. The third-order valence-electron chi connectivity index (χ3n) is 5.59. The van der Waals surface area contributed by atoms with Gasteiger partial charge in [-0.3, -0.25) is 4.79 Å². The van der Waals surface area contributed by atoms with Crippen LogP contribution >= 0.6 is 0 Å². The van der Waals surface area contributed by atoms with Gasteiger partial charge in [0.2, 0.25) is 11.7 Å². The number of carbonyl (C=O) groups is 2. The van der Waals surface area contributed by atoms with E-state index in [0.29, 0.717) is 30.7 Å². The molecule has 8 heteroatoms. The third-order valence-corrected chi connectivity index (χ3v) is 5.59. The van der Waals surface area contributed by atoms with Gasteiger partial charge in [-0.15, -0.1) is 0 Å². The Morgan fingerprint density at radius 3 is 3.00 bits per heavy atom. The summed E-state index contributed by atoms with van der Waals surface area (Å²) in [6.45, 7) is 0.923. The Labute approximate surface area is 177 Å². The summed E-state index contributed by atoms with van der Waals surface area (Å²) in [5.74, 6) is -1.19. The summed E-state index contributed by atoms with van der Waals surface area (Å²) in [6.07, 6.45) is 5.62. The molecule has 4 heterocycles. The number of ether oxygens (including phenoxy) is 2. The molecule has 8 nitrogen and oxygen atoms in total. The van der Waals surface area contributed by atoms with Crippen LogP contribution in [0, 0.1) is 0 Å². The Kier molecular flexibility index (Phi) is 4.47. The Bertz CT molecular complexity index is 1270. The fraction of sp³-hybridized carbons (Fsp3) is 0.174. The molecule has 0 atom stereocenters. The Morgan fingerprint density at radius 1 is 1.32 bits per heavy atom. The number of carboxylic acids is 1. The highest BCUT2D eigenvalue weighted by Gasteiger charge is 2.39. The highest BCUT2D eigenvalue weighted by Crippen LogP contribution is 2.35. The third kappa shape index (κ3) is 3.13. The lowest BCUT2D eigenvalue weighted by atomic mass is 9.98. The number of hydrogen-bond donors (Lipinski definition) is 2. The zero-order valence-corrected chi connectivity index (χ0v) is 16.7. The first-order chi connectivity index (χ1) is 15.1. The summed E-state index contributed by atoms with van der Waals surface area (Å²) < 4.78 is 11.3. The molecular weight excluding hydrogens is 398 g/mol. The fourth-order valence-electron chi connectivity index (χ4n) is 4.08. The monoisotopic (exact) mass is 417 g/mol. The van der Waals surface area contributed by atoms with Crippen molar-refractivity contribution in [1.29, 1.82) is 0 Å². The van der Waals surface area contributed by atoms with Gasteiger partial charge in [0, 0.05) is 42.0 Å². The molecule has 0 saturated carbocycles. The van der Waals surface area contributed by atoms with Crippen LogP contribution in [0.25, 0.3) is 17.1 Å². The number of pyridine rings is 1. The number of hydrogen-bond acceptors (Lipinski definition) is 6. The summed E-state index contributed by atoms with van der Waals surface area (Å²) in [5.41, 5.74) is 3.11. The molecule has 0 aliphatic carbocycles. The number of nitrogens with zero attached hydrogens (tertiary/aromatic N) is 2. The number of rotatable bonds is 4. The minimum atomic E-state index is -1.31. The quantitative estimate of drug-likeness (QED) is 0.497. The largest absolute Gasteiger partial charge is 0.496 e. The van der Waals surface area contributed by atoms with E-state index in [1.54, 1.807) is 36.5 Å². The van der Waals surface area contributed by atoms with Crippen molar-refractivity contribution in [2.45, 2.75) is 13.0 Å². The molecule has 2 aliphatic heterocycles. The topological polar surface area (TPSA) is 105 Å². The van der Waals surface area contributed by atoms with Gasteiger partial charge in [-0.25, -0.2) is 9.78 Å². The zero-order chi connectivity index (χ0) is 21.5. The van der Waals surface area contributed by atoms with Crippen LogP contribution in [-0.2, 0) is 27.3 Å². The second kappa shape index (κ2) is 7.32. The molecule has 0 spiro atoms. The number of aromatic nitrogens is 2. The molecule has 5 rings (SSSR count). The summed E-state index contributed by atoms with van der Waals surface area (Å²) in [4.78, 5) is 33.9. The molecule has 0 saturated heterocycles. The molecule has 0 radical (unpaired) electrons. The molecule has 3 aromatic rings. The van der Waals surface area contributed by atoms with E-state index in [0.717, 1.165) is 22.3 Å². The number of allylic oxidation sites excluding steroid dienone is 1. The van der Waals surface area contributed by atoms with Crippen molar-refractivity contribution < 1.29 is 24.2 Å². The normalized spacial score (nSPS) is 17.3. The number of Topliss-reactive ketones (excluding diaryl/α,β-unsaturated/α-hetero) is 1. The van der Waals surface area contributed by atoms with E-state index in [9.17, 15) is 14.7 Å².